The molecule has 2 heterocycles. The first-order valence-electron chi connectivity index (χ1n) is 9.57. The molecule has 0 N–H and O–H groups in total. The van der Waals surface area contributed by atoms with E-state index in [2.05, 4.69) is 9.55 Å². The van der Waals surface area contributed by atoms with Gasteiger partial charge in [-0.05, 0) is 43.9 Å². The Labute approximate surface area is 161 Å². The zero-order valence-corrected chi connectivity index (χ0v) is 16.5. The van der Waals surface area contributed by atoms with Gasteiger partial charge in [0.15, 0.2) is 6.61 Å². The van der Waals surface area contributed by atoms with Crippen molar-refractivity contribution in [1.82, 2.24) is 14.5 Å². The summed E-state index contributed by atoms with van der Waals surface area (Å²) in [7, 11) is 1.70. The lowest BCUT2D eigenvalue weighted by Gasteiger charge is -2.32. The summed E-state index contributed by atoms with van der Waals surface area (Å²) in [5.74, 6) is 2.12. The van der Waals surface area contributed by atoms with Crippen molar-refractivity contribution >= 4 is 5.91 Å². The van der Waals surface area contributed by atoms with Gasteiger partial charge >= 0.3 is 0 Å². The lowest BCUT2D eigenvalue weighted by atomic mass is 9.97. The van der Waals surface area contributed by atoms with Crippen LogP contribution in [0.5, 0.6) is 5.75 Å². The molecule has 0 saturated carbocycles. The van der Waals surface area contributed by atoms with Crippen LogP contribution >= 0.6 is 0 Å². The summed E-state index contributed by atoms with van der Waals surface area (Å²) in [6.07, 6.45) is 5.84. The van der Waals surface area contributed by atoms with Crippen LogP contribution in [0.2, 0.25) is 0 Å². The molecule has 1 aliphatic heterocycles. The summed E-state index contributed by atoms with van der Waals surface area (Å²) in [4.78, 5) is 19.1. The van der Waals surface area contributed by atoms with Crippen molar-refractivity contribution < 1.29 is 14.3 Å². The summed E-state index contributed by atoms with van der Waals surface area (Å²) in [6, 6.07) is 5.92. The molecule has 6 heteroatoms. The van der Waals surface area contributed by atoms with Crippen molar-refractivity contribution in [2.75, 3.05) is 33.4 Å². The topological polar surface area (TPSA) is 56.6 Å². The molecule has 3 rings (SSSR count). The second-order valence-corrected chi connectivity index (χ2v) is 7.14. The number of aromatic nitrogens is 2. The molecule has 0 unspecified atom stereocenters. The molecule has 1 fully saturated rings. The highest BCUT2D eigenvalue weighted by molar-refractivity contribution is 5.78. The summed E-state index contributed by atoms with van der Waals surface area (Å²) in [5.41, 5.74) is 2.25. The third-order valence-corrected chi connectivity index (χ3v) is 5.33. The molecule has 0 spiro atoms. The van der Waals surface area contributed by atoms with Crippen molar-refractivity contribution in [3.63, 3.8) is 0 Å². The van der Waals surface area contributed by atoms with Crippen LogP contribution < -0.4 is 4.74 Å². The van der Waals surface area contributed by atoms with Crippen LogP contribution in [0.15, 0.2) is 30.6 Å². The molecule has 1 aliphatic rings. The van der Waals surface area contributed by atoms with Crippen LogP contribution in [-0.4, -0.2) is 53.8 Å². The fourth-order valence-corrected chi connectivity index (χ4v) is 3.59. The number of hydrogen-bond donors (Lipinski definition) is 0. The Hall–Kier alpha value is -2.34. The van der Waals surface area contributed by atoms with Gasteiger partial charge in [0.05, 0.1) is 6.61 Å². The van der Waals surface area contributed by atoms with Crippen LogP contribution in [0.25, 0.3) is 0 Å². The molecule has 1 aromatic carbocycles. The molecule has 146 valence electrons. The number of likely N-dealkylation sites (tertiary alicyclic amines) is 1. The zero-order valence-electron chi connectivity index (χ0n) is 16.5. The molecular weight excluding hydrogens is 342 g/mol. The van der Waals surface area contributed by atoms with Crippen LogP contribution in [0, 0.1) is 13.8 Å². The monoisotopic (exact) mass is 371 g/mol. The van der Waals surface area contributed by atoms with Crippen molar-refractivity contribution in [3.8, 4) is 5.75 Å². The minimum atomic E-state index is 0.0376. The number of carbonyl (C=O) groups excluding carboxylic acids is 1. The predicted octanol–water partition coefficient (Wildman–Crippen LogP) is 2.93. The standard InChI is InChI=1S/C21H29N3O3/c1-16-6-4-8-19(17(16)2)27-15-20(25)24-10-5-7-18(14-24)21-22-9-11-23(21)12-13-26-3/h4,6,8-9,11,18H,5,7,10,12-15H2,1-3H3/t18-/m0/s1. The number of rotatable bonds is 7. The number of piperidine rings is 1. The SMILES string of the molecule is COCCn1ccnc1[C@H]1CCCN(C(=O)COc2cccc(C)c2C)C1. The van der Waals surface area contributed by atoms with Gasteiger partial charge in [0, 0.05) is 45.1 Å². The number of benzene rings is 1. The second-order valence-electron chi connectivity index (χ2n) is 7.14. The number of hydrogen-bond acceptors (Lipinski definition) is 4. The molecule has 0 bridgehead atoms. The lowest BCUT2D eigenvalue weighted by Crippen LogP contribution is -2.42. The largest absolute Gasteiger partial charge is 0.483 e. The number of aryl methyl sites for hydroxylation is 1. The Morgan fingerprint density at radius 1 is 1.33 bits per heavy atom. The minimum Gasteiger partial charge on any atom is -0.483 e. The van der Waals surface area contributed by atoms with E-state index < -0.39 is 0 Å². The van der Waals surface area contributed by atoms with Gasteiger partial charge in [-0.1, -0.05) is 12.1 Å². The second kappa shape index (κ2) is 9.04. The van der Waals surface area contributed by atoms with Gasteiger partial charge in [0.2, 0.25) is 0 Å². The first kappa shape index (κ1) is 19.4. The van der Waals surface area contributed by atoms with Crippen LogP contribution in [0.1, 0.15) is 35.7 Å². The average Bonchev–Trinajstić information content (AvgIpc) is 3.16. The lowest BCUT2D eigenvalue weighted by molar-refractivity contribution is -0.134. The van der Waals surface area contributed by atoms with E-state index in [-0.39, 0.29) is 18.4 Å². The number of carbonyl (C=O) groups is 1. The highest BCUT2D eigenvalue weighted by atomic mass is 16.5. The number of ether oxygens (including phenoxy) is 2. The van der Waals surface area contributed by atoms with Gasteiger partial charge < -0.3 is 18.9 Å². The van der Waals surface area contributed by atoms with Crippen molar-refractivity contribution in [2.24, 2.45) is 0 Å². The molecule has 27 heavy (non-hydrogen) atoms. The summed E-state index contributed by atoms with van der Waals surface area (Å²) >= 11 is 0. The Morgan fingerprint density at radius 3 is 3.00 bits per heavy atom. The third-order valence-electron chi connectivity index (χ3n) is 5.33. The fourth-order valence-electron chi connectivity index (χ4n) is 3.59. The molecule has 2 aromatic rings. The average molecular weight is 371 g/mol. The maximum absolute atomic E-state index is 12.7. The molecular formula is C21H29N3O3. The maximum atomic E-state index is 12.7. The molecule has 0 aliphatic carbocycles. The highest BCUT2D eigenvalue weighted by Crippen LogP contribution is 2.26. The molecule has 6 nitrogen and oxygen atoms in total. The minimum absolute atomic E-state index is 0.0376. The van der Waals surface area contributed by atoms with Gasteiger partial charge in [-0.25, -0.2) is 4.98 Å². The van der Waals surface area contributed by atoms with Crippen LogP contribution in [0.3, 0.4) is 0 Å². The van der Waals surface area contributed by atoms with Gasteiger partial charge in [-0.3, -0.25) is 4.79 Å². The zero-order chi connectivity index (χ0) is 19.2. The van der Waals surface area contributed by atoms with Gasteiger partial charge in [-0.15, -0.1) is 0 Å². The Bertz CT molecular complexity index is 772. The predicted molar refractivity (Wildman–Crippen MR) is 104 cm³/mol. The number of imidazole rings is 1. The molecule has 1 aromatic heterocycles. The Balaban J connectivity index is 1.60. The number of nitrogens with zero attached hydrogens (tertiary/aromatic N) is 3. The van der Waals surface area contributed by atoms with E-state index in [0.29, 0.717) is 13.2 Å². The van der Waals surface area contributed by atoms with Crippen molar-refractivity contribution in [1.29, 1.82) is 0 Å². The third kappa shape index (κ3) is 4.69. The highest BCUT2D eigenvalue weighted by Gasteiger charge is 2.27. The van der Waals surface area contributed by atoms with Crippen molar-refractivity contribution in [3.05, 3.63) is 47.5 Å². The molecule has 0 radical (unpaired) electrons. The van der Waals surface area contributed by atoms with E-state index in [0.717, 1.165) is 43.1 Å². The van der Waals surface area contributed by atoms with E-state index in [1.165, 1.54) is 5.56 Å². The van der Waals surface area contributed by atoms with Crippen molar-refractivity contribution in [2.45, 2.75) is 39.2 Å². The summed E-state index contributed by atoms with van der Waals surface area (Å²) in [6.45, 7) is 7.06. The maximum Gasteiger partial charge on any atom is 0.260 e. The van der Waals surface area contributed by atoms with E-state index in [9.17, 15) is 4.79 Å². The van der Waals surface area contributed by atoms with Crippen LogP contribution in [-0.2, 0) is 16.1 Å². The smallest absolute Gasteiger partial charge is 0.260 e. The first-order chi connectivity index (χ1) is 13.1. The van der Waals surface area contributed by atoms with E-state index in [4.69, 9.17) is 9.47 Å². The molecule has 1 saturated heterocycles. The van der Waals surface area contributed by atoms with Gasteiger partial charge in [0.25, 0.3) is 5.91 Å². The van der Waals surface area contributed by atoms with E-state index in [1.807, 2.05) is 49.3 Å². The normalized spacial score (nSPS) is 17.1. The molecule has 1 atom stereocenters. The summed E-state index contributed by atoms with van der Waals surface area (Å²) in [5, 5.41) is 0. The van der Waals surface area contributed by atoms with Crippen LogP contribution in [0.4, 0.5) is 0 Å². The number of amides is 1. The van der Waals surface area contributed by atoms with Gasteiger partial charge in [0.1, 0.15) is 11.6 Å². The molecule has 1 amide bonds. The fraction of sp³-hybridized carbons (Fsp3) is 0.524. The van der Waals surface area contributed by atoms with E-state index >= 15 is 0 Å². The Kier molecular flexibility index (Phi) is 6.50. The number of methoxy groups -OCH3 is 1. The summed E-state index contributed by atoms with van der Waals surface area (Å²) < 4.78 is 13.1. The quantitative estimate of drug-likeness (QED) is 0.751. The Morgan fingerprint density at radius 2 is 2.19 bits per heavy atom. The first-order valence-corrected chi connectivity index (χ1v) is 9.57. The van der Waals surface area contributed by atoms with Gasteiger partial charge in [-0.2, -0.15) is 0 Å². The van der Waals surface area contributed by atoms with E-state index in [1.54, 1.807) is 7.11 Å².